The van der Waals surface area contributed by atoms with Crippen LogP contribution in [0, 0.1) is 5.92 Å². The molecule has 2 unspecified atom stereocenters. The van der Waals surface area contributed by atoms with Gasteiger partial charge >= 0.3 is 0 Å². The Morgan fingerprint density at radius 3 is 2.53 bits per heavy atom. The summed E-state index contributed by atoms with van der Waals surface area (Å²) in [7, 11) is 0. The minimum Gasteiger partial charge on any atom is -0.0955 e. The van der Waals surface area contributed by atoms with E-state index in [0.29, 0.717) is 11.8 Å². The van der Waals surface area contributed by atoms with E-state index in [1.54, 1.807) is 0 Å². The van der Waals surface area contributed by atoms with Crippen LogP contribution in [0.2, 0.25) is 0 Å². The van der Waals surface area contributed by atoms with Crippen LogP contribution in [0.3, 0.4) is 0 Å². The standard InChI is InChI=1S/C34H36/c1-6-10-22(3)32-23(4)19-30-21-29(20-28-18-17-26-11-8-9-12-31(26)28)24(5)33(30)34(32)27-15-13-25(7-2)14-16-27/h8-9,11-16,18-20,33-34H,3,5-7,10,17,21H2,1-2,4H3. The van der Waals surface area contributed by atoms with Gasteiger partial charge in [-0.1, -0.05) is 111 Å². The van der Waals surface area contributed by atoms with Gasteiger partial charge in [0, 0.05) is 11.8 Å². The number of hydrogen-bond donors (Lipinski definition) is 0. The van der Waals surface area contributed by atoms with Crippen LogP contribution in [-0.4, -0.2) is 0 Å². The van der Waals surface area contributed by atoms with Crippen LogP contribution >= 0.6 is 0 Å². The van der Waals surface area contributed by atoms with E-state index < -0.39 is 0 Å². The molecule has 0 heterocycles. The van der Waals surface area contributed by atoms with Gasteiger partial charge in [0.2, 0.25) is 0 Å². The average molecular weight is 445 g/mol. The first-order valence-electron chi connectivity index (χ1n) is 12.9. The van der Waals surface area contributed by atoms with Gasteiger partial charge in [-0.2, -0.15) is 0 Å². The van der Waals surface area contributed by atoms with E-state index in [2.05, 4.69) is 94.1 Å². The zero-order valence-electron chi connectivity index (χ0n) is 21.0. The van der Waals surface area contributed by atoms with E-state index in [4.69, 9.17) is 6.58 Å². The fourth-order valence-corrected chi connectivity index (χ4v) is 6.22. The number of rotatable bonds is 6. The smallest absolute Gasteiger partial charge is 0.0201 e. The molecule has 0 aliphatic heterocycles. The van der Waals surface area contributed by atoms with Crippen LogP contribution in [0.4, 0.5) is 0 Å². The Hall–Kier alpha value is -3.12. The molecule has 34 heavy (non-hydrogen) atoms. The fraction of sp³-hybridized carbons (Fsp3) is 0.294. The van der Waals surface area contributed by atoms with Crippen LogP contribution in [0.5, 0.6) is 0 Å². The first-order chi connectivity index (χ1) is 16.5. The Morgan fingerprint density at radius 1 is 1.03 bits per heavy atom. The summed E-state index contributed by atoms with van der Waals surface area (Å²) < 4.78 is 0. The predicted molar refractivity (Wildman–Crippen MR) is 147 cm³/mol. The largest absolute Gasteiger partial charge is 0.0955 e. The van der Waals surface area contributed by atoms with Crippen molar-refractivity contribution in [2.75, 3.05) is 0 Å². The molecule has 2 aromatic carbocycles. The lowest BCUT2D eigenvalue weighted by Gasteiger charge is -2.34. The molecule has 0 N–H and O–H groups in total. The Morgan fingerprint density at radius 2 is 1.79 bits per heavy atom. The Balaban J connectivity index is 1.56. The number of benzene rings is 2. The van der Waals surface area contributed by atoms with E-state index in [1.807, 2.05) is 0 Å². The van der Waals surface area contributed by atoms with Crippen molar-refractivity contribution in [2.24, 2.45) is 5.92 Å². The monoisotopic (exact) mass is 444 g/mol. The van der Waals surface area contributed by atoms with Crippen molar-refractivity contribution < 1.29 is 0 Å². The summed E-state index contributed by atoms with van der Waals surface area (Å²) >= 11 is 0. The van der Waals surface area contributed by atoms with Gasteiger partial charge < -0.3 is 0 Å². The van der Waals surface area contributed by atoms with E-state index in [1.165, 1.54) is 61.3 Å². The van der Waals surface area contributed by atoms with Crippen molar-refractivity contribution in [1.82, 2.24) is 0 Å². The highest BCUT2D eigenvalue weighted by atomic mass is 14.4. The fourth-order valence-electron chi connectivity index (χ4n) is 6.22. The summed E-state index contributed by atoms with van der Waals surface area (Å²) in [5, 5.41) is 0. The second-order valence-electron chi connectivity index (χ2n) is 10.1. The highest BCUT2D eigenvalue weighted by Crippen LogP contribution is 2.55. The second-order valence-corrected chi connectivity index (χ2v) is 10.1. The molecular formula is C34H36. The van der Waals surface area contributed by atoms with Crippen molar-refractivity contribution in [3.05, 3.63) is 136 Å². The molecule has 1 fully saturated rings. The van der Waals surface area contributed by atoms with Gasteiger partial charge in [-0.05, 0) is 82.7 Å². The van der Waals surface area contributed by atoms with Gasteiger partial charge in [0.25, 0.3) is 0 Å². The third kappa shape index (κ3) is 3.90. The van der Waals surface area contributed by atoms with Crippen LogP contribution in [0.1, 0.15) is 68.2 Å². The summed E-state index contributed by atoms with van der Waals surface area (Å²) in [5.41, 5.74) is 15.3. The van der Waals surface area contributed by atoms with Gasteiger partial charge in [-0.25, -0.2) is 0 Å². The lowest BCUT2D eigenvalue weighted by atomic mass is 9.69. The van der Waals surface area contributed by atoms with E-state index in [-0.39, 0.29) is 0 Å². The maximum Gasteiger partial charge on any atom is 0.0201 e. The zero-order chi connectivity index (χ0) is 23.8. The zero-order valence-corrected chi connectivity index (χ0v) is 21.0. The summed E-state index contributed by atoms with van der Waals surface area (Å²) in [6.45, 7) is 16.0. The molecule has 1 saturated carbocycles. The molecular weight excluding hydrogens is 408 g/mol. The first kappa shape index (κ1) is 22.7. The molecule has 172 valence electrons. The molecule has 0 nitrogen and oxygen atoms in total. The third-order valence-electron chi connectivity index (χ3n) is 7.93. The van der Waals surface area contributed by atoms with Crippen molar-refractivity contribution in [3.63, 3.8) is 0 Å². The van der Waals surface area contributed by atoms with Gasteiger partial charge in [-0.3, -0.25) is 0 Å². The topological polar surface area (TPSA) is 0 Å². The van der Waals surface area contributed by atoms with Crippen molar-refractivity contribution >= 4 is 5.57 Å². The number of fused-ring (bicyclic) bond motifs is 2. The molecule has 2 aromatic rings. The maximum atomic E-state index is 4.70. The van der Waals surface area contributed by atoms with Gasteiger partial charge in [0.1, 0.15) is 0 Å². The molecule has 5 rings (SSSR count). The molecule has 0 aromatic heterocycles. The molecule has 0 heteroatoms. The minimum absolute atomic E-state index is 0.299. The third-order valence-corrected chi connectivity index (χ3v) is 7.93. The predicted octanol–water partition coefficient (Wildman–Crippen LogP) is 9.09. The minimum atomic E-state index is 0.299. The second kappa shape index (κ2) is 9.26. The molecule has 2 atom stereocenters. The van der Waals surface area contributed by atoms with Gasteiger partial charge in [0.15, 0.2) is 0 Å². The number of aryl methyl sites for hydroxylation is 1. The lowest BCUT2D eigenvalue weighted by molar-refractivity contribution is 0.619. The molecule has 0 spiro atoms. The summed E-state index contributed by atoms with van der Waals surface area (Å²) in [4.78, 5) is 0. The van der Waals surface area contributed by atoms with E-state index >= 15 is 0 Å². The van der Waals surface area contributed by atoms with Crippen molar-refractivity contribution in [2.45, 2.75) is 58.8 Å². The van der Waals surface area contributed by atoms with Crippen LogP contribution in [-0.2, 0) is 12.8 Å². The van der Waals surface area contributed by atoms with E-state index in [9.17, 15) is 0 Å². The first-order valence-corrected chi connectivity index (χ1v) is 12.9. The summed E-state index contributed by atoms with van der Waals surface area (Å²) in [6.07, 6.45) is 12.5. The highest BCUT2D eigenvalue weighted by Gasteiger charge is 2.41. The summed E-state index contributed by atoms with van der Waals surface area (Å²) in [5.74, 6) is 0.622. The van der Waals surface area contributed by atoms with Crippen molar-refractivity contribution in [1.29, 1.82) is 0 Å². The average Bonchev–Trinajstić information content (AvgIpc) is 3.39. The van der Waals surface area contributed by atoms with Crippen LogP contribution in [0.25, 0.3) is 5.57 Å². The molecule has 3 aliphatic carbocycles. The molecule has 3 aliphatic rings. The normalized spacial score (nSPS) is 22.6. The van der Waals surface area contributed by atoms with E-state index in [0.717, 1.165) is 32.1 Å². The maximum absolute atomic E-state index is 4.70. The van der Waals surface area contributed by atoms with Crippen LogP contribution in [0.15, 0.2) is 113 Å². The summed E-state index contributed by atoms with van der Waals surface area (Å²) in [6, 6.07) is 18.1. The molecule has 0 amide bonds. The molecule has 0 radical (unpaired) electrons. The van der Waals surface area contributed by atoms with Crippen molar-refractivity contribution in [3.8, 4) is 0 Å². The van der Waals surface area contributed by atoms with Crippen LogP contribution < -0.4 is 0 Å². The molecule has 0 bridgehead atoms. The Bertz CT molecular complexity index is 1270. The number of hydrogen-bond acceptors (Lipinski definition) is 0. The Labute approximate surface area is 205 Å². The highest BCUT2D eigenvalue weighted by molar-refractivity contribution is 5.82. The van der Waals surface area contributed by atoms with Gasteiger partial charge in [0.05, 0.1) is 0 Å². The molecule has 0 saturated heterocycles. The quantitative estimate of drug-likeness (QED) is 0.417. The SMILES string of the molecule is C=C(CCC)C1=C(C)C=C2CC(=CC3=CCc4ccccc43)C(=C)C2C1c1ccc(CC)cc1. The number of allylic oxidation sites excluding steroid dienone is 10. The van der Waals surface area contributed by atoms with Gasteiger partial charge in [-0.15, -0.1) is 0 Å². The Kier molecular flexibility index (Phi) is 6.17. The lowest BCUT2D eigenvalue weighted by Crippen LogP contribution is -2.21.